The Bertz CT molecular complexity index is 781. The van der Waals surface area contributed by atoms with Gasteiger partial charge in [-0.05, 0) is 43.2 Å². The van der Waals surface area contributed by atoms with Crippen molar-refractivity contribution in [2.24, 2.45) is 0 Å². The Hall–Kier alpha value is -2.55. The van der Waals surface area contributed by atoms with Crippen LogP contribution in [-0.4, -0.2) is 4.98 Å². The molecule has 0 aliphatic carbocycles. The Labute approximate surface area is 118 Å². The minimum Gasteiger partial charge on any atom is -0.454 e. The molecule has 1 aromatic heterocycles. The predicted octanol–water partition coefficient (Wildman–Crippen LogP) is 4.23. The number of rotatable bonds is 2. The third-order valence-corrected chi connectivity index (χ3v) is 3.52. The summed E-state index contributed by atoms with van der Waals surface area (Å²) in [5, 5.41) is 0.924. The van der Waals surface area contributed by atoms with Gasteiger partial charge in [0.05, 0.1) is 17.4 Å². The average Bonchev–Trinajstić information content (AvgIpc) is 2.46. The number of nitrogens with zero attached hydrogens (tertiary/aromatic N) is 1. The Morgan fingerprint density at radius 3 is 2.65 bits per heavy atom. The summed E-state index contributed by atoms with van der Waals surface area (Å²) >= 11 is 0. The summed E-state index contributed by atoms with van der Waals surface area (Å²) in [6, 6.07) is 13.8. The zero-order valence-electron chi connectivity index (χ0n) is 11.6. The zero-order chi connectivity index (χ0) is 14.1. The Morgan fingerprint density at radius 2 is 1.80 bits per heavy atom. The molecule has 20 heavy (non-hydrogen) atoms. The summed E-state index contributed by atoms with van der Waals surface area (Å²) in [5.41, 5.74) is 9.77. The predicted molar refractivity (Wildman–Crippen MR) is 82.1 cm³/mol. The van der Waals surface area contributed by atoms with E-state index in [4.69, 9.17) is 10.5 Å². The number of aryl methyl sites for hydroxylation is 1. The number of anilines is 1. The van der Waals surface area contributed by atoms with Crippen LogP contribution in [0.4, 0.5) is 5.69 Å². The molecule has 3 rings (SSSR count). The summed E-state index contributed by atoms with van der Waals surface area (Å²) in [6.45, 7) is 4.11. The molecule has 0 fully saturated rings. The lowest BCUT2D eigenvalue weighted by atomic mass is 10.1. The molecular formula is C17H16N2O. The van der Waals surface area contributed by atoms with Gasteiger partial charge in [0.25, 0.3) is 0 Å². The Kier molecular flexibility index (Phi) is 3.03. The van der Waals surface area contributed by atoms with E-state index >= 15 is 0 Å². The van der Waals surface area contributed by atoms with Gasteiger partial charge in [-0.25, -0.2) is 0 Å². The smallest absolute Gasteiger partial charge is 0.161 e. The van der Waals surface area contributed by atoms with Crippen LogP contribution >= 0.6 is 0 Å². The van der Waals surface area contributed by atoms with E-state index in [0.29, 0.717) is 11.4 Å². The number of nitrogens with two attached hydrogens (primary N) is 1. The van der Waals surface area contributed by atoms with Crippen LogP contribution in [0.2, 0.25) is 0 Å². The second-order valence-electron chi connectivity index (χ2n) is 4.86. The van der Waals surface area contributed by atoms with Gasteiger partial charge in [-0.3, -0.25) is 4.98 Å². The molecule has 0 aliphatic rings. The van der Waals surface area contributed by atoms with E-state index in [1.807, 2.05) is 43.3 Å². The van der Waals surface area contributed by atoms with Crippen molar-refractivity contribution in [3.8, 4) is 11.5 Å². The van der Waals surface area contributed by atoms with Gasteiger partial charge in [0.2, 0.25) is 0 Å². The highest BCUT2D eigenvalue weighted by Gasteiger charge is 2.10. The molecule has 2 aromatic carbocycles. The molecule has 0 bridgehead atoms. The summed E-state index contributed by atoms with van der Waals surface area (Å²) < 4.78 is 6.07. The molecule has 0 radical (unpaired) electrons. The average molecular weight is 264 g/mol. The van der Waals surface area contributed by atoms with Crippen molar-refractivity contribution >= 4 is 16.6 Å². The van der Waals surface area contributed by atoms with Gasteiger partial charge in [-0.15, -0.1) is 0 Å². The first-order valence-corrected chi connectivity index (χ1v) is 6.54. The maximum atomic E-state index is 6.07. The van der Waals surface area contributed by atoms with E-state index in [-0.39, 0.29) is 0 Å². The van der Waals surface area contributed by atoms with E-state index in [0.717, 1.165) is 22.2 Å². The van der Waals surface area contributed by atoms with Gasteiger partial charge in [0.15, 0.2) is 5.75 Å². The number of benzene rings is 2. The lowest BCUT2D eigenvalue weighted by Gasteiger charge is -2.14. The normalized spacial score (nSPS) is 10.7. The first-order chi connectivity index (χ1) is 9.66. The molecule has 3 heteroatoms. The third-order valence-electron chi connectivity index (χ3n) is 3.52. The Balaban J connectivity index is 2.15. The van der Waals surface area contributed by atoms with Crippen LogP contribution in [0.1, 0.15) is 11.1 Å². The van der Waals surface area contributed by atoms with E-state index < -0.39 is 0 Å². The van der Waals surface area contributed by atoms with Crippen LogP contribution in [0.25, 0.3) is 10.9 Å². The van der Waals surface area contributed by atoms with Crippen LogP contribution < -0.4 is 10.5 Å². The van der Waals surface area contributed by atoms with Crippen LogP contribution in [0.15, 0.2) is 48.7 Å². The summed E-state index contributed by atoms with van der Waals surface area (Å²) in [5.74, 6) is 1.50. The molecule has 0 atom stereocenters. The van der Waals surface area contributed by atoms with Crippen LogP contribution in [0.5, 0.6) is 11.5 Å². The van der Waals surface area contributed by atoms with Gasteiger partial charge in [-0.2, -0.15) is 0 Å². The van der Waals surface area contributed by atoms with Crippen molar-refractivity contribution in [2.45, 2.75) is 13.8 Å². The number of hydrogen-bond donors (Lipinski definition) is 1. The monoisotopic (exact) mass is 264 g/mol. The molecular weight excluding hydrogens is 248 g/mol. The second kappa shape index (κ2) is 4.85. The van der Waals surface area contributed by atoms with Crippen molar-refractivity contribution < 1.29 is 4.74 Å². The van der Waals surface area contributed by atoms with Gasteiger partial charge < -0.3 is 10.5 Å². The van der Waals surface area contributed by atoms with Gasteiger partial charge in [-0.1, -0.05) is 24.3 Å². The van der Waals surface area contributed by atoms with E-state index in [2.05, 4.69) is 18.0 Å². The molecule has 0 saturated heterocycles. The fourth-order valence-corrected chi connectivity index (χ4v) is 2.19. The fourth-order valence-electron chi connectivity index (χ4n) is 2.19. The van der Waals surface area contributed by atoms with Gasteiger partial charge >= 0.3 is 0 Å². The number of para-hydroxylation sites is 1. The van der Waals surface area contributed by atoms with Gasteiger partial charge in [0.1, 0.15) is 5.75 Å². The number of hydrogen-bond acceptors (Lipinski definition) is 3. The molecule has 0 aliphatic heterocycles. The Morgan fingerprint density at radius 1 is 1.00 bits per heavy atom. The highest BCUT2D eigenvalue weighted by Crippen LogP contribution is 2.35. The lowest BCUT2D eigenvalue weighted by Crippen LogP contribution is -1.96. The van der Waals surface area contributed by atoms with Crippen molar-refractivity contribution in [1.82, 2.24) is 4.98 Å². The topological polar surface area (TPSA) is 48.1 Å². The molecule has 0 amide bonds. The first-order valence-electron chi connectivity index (χ1n) is 6.54. The number of fused-ring (bicyclic) bond motifs is 1. The number of ether oxygens (including phenoxy) is 1. The minimum atomic E-state index is 0.546. The fraction of sp³-hybridized carbons (Fsp3) is 0.118. The maximum Gasteiger partial charge on any atom is 0.161 e. The van der Waals surface area contributed by atoms with Crippen LogP contribution in [0, 0.1) is 13.8 Å². The highest BCUT2D eigenvalue weighted by atomic mass is 16.5. The highest BCUT2D eigenvalue weighted by molar-refractivity contribution is 5.89. The zero-order valence-corrected chi connectivity index (χ0v) is 11.6. The molecule has 0 spiro atoms. The number of nitrogen functional groups attached to an aromatic ring is 1. The minimum absolute atomic E-state index is 0.546. The van der Waals surface area contributed by atoms with E-state index in [1.54, 1.807) is 6.20 Å². The SMILES string of the molecule is Cc1cccc(Oc2c(N)cnc3ccccc23)c1C. The lowest BCUT2D eigenvalue weighted by molar-refractivity contribution is 0.486. The number of pyridine rings is 1. The molecule has 0 unspecified atom stereocenters. The molecule has 100 valence electrons. The van der Waals surface area contributed by atoms with Crippen LogP contribution in [-0.2, 0) is 0 Å². The molecule has 1 heterocycles. The van der Waals surface area contributed by atoms with Crippen molar-refractivity contribution in [1.29, 1.82) is 0 Å². The quantitative estimate of drug-likeness (QED) is 0.753. The van der Waals surface area contributed by atoms with Crippen LogP contribution in [0.3, 0.4) is 0 Å². The van der Waals surface area contributed by atoms with Gasteiger partial charge in [0, 0.05) is 5.39 Å². The molecule has 0 saturated carbocycles. The van der Waals surface area contributed by atoms with Crippen molar-refractivity contribution in [3.63, 3.8) is 0 Å². The van der Waals surface area contributed by atoms with E-state index in [1.165, 1.54) is 5.56 Å². The van der Waals surface area contributed by atoms with E-state index in [9.17, 15) is 0 Å². The second-order valence-corrected chi connectivity index (χ2v) is 4.86. The standard InChI is InChI=1S/C17H16N2O/c1-11-6-5-9-16(12(11)2)20-17-13-7-3-4-8-15(13)19-10-14(17)18/h3-10H,18H2,1-2H3. The molecule has 2 N–H and O–H groups in total. The summed E-state index contributed by atoms with van der Waals surface area (Å²) in [6.07, 6.45) is 1.64. The third kappa shape index (κ3) is 2.07. The number of aromatic nitrogens is 1. The first kappa shape index (κ1) is 12.5. The largest absolute Gasteiger partial charge is 0.454 e. The molecule has 3 aromatic rings. The van der Waals surface area contributed by atoms with Crippen molar-refractivity contribution in [2.75, 3.05) is 5.73 Å². The van der Waals surface area contributed by atoms with Crippen molar-refractivity contribution in [3.05, 3.63) is 59.8 Å². The summed E-state index contributed by atoms with van der Waals surface area (Å²) in [7, 11) is 0. The summed E-state index contributed by atoms with van der Waals surface area (Å²) in [4.78, 5) is 4.32. The maximum absolute atomic E-state index is 6.07. The molecule has 3 nitrogen and oxygen atoms in total.